The Morgan fingerprint density at radius 3 is 2.78 bits per heavy atom. The lowest BCUT2D eigenvalue weighted by atomic mass is 10.4. The molecule has 1 heterocycles. The average Bonchev–Trinajstić information content (AvgIpc) is 1.90. The topological polar surface area (TPSA) is 55.6 Å². The molecule has 4 heteroatoms. The van der Waals surface area contributed by atoms with E-state index in [4.69, 9.17) is 10.5 Å². The maximum absolute atomic E-state index is 10.4. The van der Waals surface area contributed by atoms with Crippen LogP contribution in [-0.4, -0.2) is 30.8 Å². The maximum atomic E-state index is 10.4. The quantitative estimate of drug-likeness (QED) is 0.491. The summed E-state index contributed by atoms with van der Waals surface area (Å²) in [5.41, 5.74) is 4.97. The van der Waals surface area contributed by atoms with E-state index in [-0.39, 0.29) is 0 Å². The smallest absolute Gasteiger partial charge is 0.316 e. The number of nitrogens with two attached hydrogens (primary N) is 1. The van der Waals surface area contributed by atoms with Crippen molar-refractivity contribution in [1.29, 1.82) is 0 Å². The lowest BCUT2D eigenvalue weighted by Crippen LogP contribution is -2.41. The monoisotopic (exact) mass is 130 g/mol. The molecule has 2 amide bonds. The van der Waals surface area contributed by atoms with Crippen LogP contribution >= 0.6 is 0 Å². The zero-order valence-corrected chi connectivity index (χ0v) is 5.17. The number of nitrogens with zero attached hydrogens (tertiary/aromatic N) is 1. The van der Waals surface area contributed by atoms with Gasteiger partial charge in [0.1, 0.15) is 6.73 Å². The predicted octanol–water partition coefficient (Wildman–Crippen LogP) is -0.255. The summed E-state index contributed by atoms with van der Waals surface area (Å²) in [4.78, 5) is 11.9. The van der Waals surface area contributed by atoms with Crippen LogP contribution in [0.1, 0.15) is 6.42 Å². The standard InChI is InChI=1S/C5H10N2O2/c6-5(8)7-2-1-3-9-4-7/h1-4H2,(H2,6,8). The van der Waals surface area contributed by atoms with Gasteiger partial charge in [-0.15, -0.1) is 0 Å². The second kappa shape index (κ2) is 2.68. The van der Waals surface area contributed by atoms with Crippen molar-refractivity contribution in [2.24, 2.45) is 5.73 Å². The molecule has 0 aromatic rings. The van der Waals surface area contributed by atoms with Gasteiger partial charge in [0.15, 0.2) is 0 Å². The Balaban J connectivity index is 2.31. The van der Waals surface area contributed by atoms with Crippen molar-refractivity contribution < 1.29 is 9.53 Å². The molecule has 0 aromatic heterocycles. The van der Waals surface area contributed by atoms with E-state index in [1.165, 1.54) is 4.90 Å². The lowest BCUT2D eigenvalue weighted by Gasteiger charge is -2.24. The van der Waals surface area contributed by atoms with Gasteiger partial charge >= 0.3 is 6.03 Å². The summed E-state index contributed by atoms with van der Waals surface area (Å²) in [7, 11) is 0. The highest BCUT2D eigenvalue weighted by Gasteiger charge is 2.12. The Hall–Kier alpha value is -0.770. The molecule has 52 valence electrons. The van der Waals surface area contributed by atoms with Gasteiger partial charge in [0.05, 0.1) is 6.61 Å². The third-order valence-corrected chi connectivity index (χ3v) is 1.28. The van der Waals surface area contributed by atoms with Crippen molar-refractivity contribution >= 4 is 6.03 Å². The SMILES string of the molecule is NC(=O)N1CCCOC1. The fourth-order valence-electron chi connectivity index (χ4n) is 0.771. The number of hydrogen-bond acceptors (Lipinski definition) is 2. The molecule has 0 aromatic carbocycles. The summed E-state index contributed by atoms with van der Waals surface area (Å²) in [6.07, 6.45) is 0.892. The molecule has 4 nitrogen and oxygen atoms in total. The van der Waals surface area contributed by atoms with Gasteiger partial charge in [-0.1, -0.05) is 0 Å². The van der Waals surface area contributed by atoms with Crippen molar-refractivity contribution in [3.8, 4) is 0 Å². The van der Waals surface area contributed by atoms with E-state index in [0.717, 1.165) is 19.6 Å². The molecule has 1 aliphatic rings. The predicted molar refractivity (Wildman–Crippen MR) is 31.7 cm³/mol. The third-order valence-electron chi connectivity index (χ3n) is 1.28. The Labute approximate surface area is 53.6 Å². The van der Waals surface area contributed by atoms with Crippen molar-refractivity contribution in [3.05, 3.63) is 0 Å². The molecule has 0 radical (unpaired) electrons. The van der Waals surface area contributed by atoms with Crippen LogP contribution in [0.5, 0.6) is 0 Å². The second-order valence-corrected chi connectivity index (χ2v) is 1.99. The first-order valence-electron chi connectivity index (χ1n) is 2.93. The lowest BCUT2D eigenvalue weighted by molar-refractivity contribution is 0.0110. The van der Waals surface area contributed by atoms with Crippen LogP contribution in [0.4, 0.5) is 4.79 Å². The van der Waals surface area contributed by atoms with Gasteiger partial charge in [-0.2, -0.15) is 0 Å². The zero-order valence-electron chi connectivity index (χ0n) is 5.17. The number of hydrogen-bond donors (Lipinski definition) is 1. The minimum atomic E-state index is -0.394. The van der Waals surface area contributed by atoms with Crippen LogP contribution in [0.15, 0.2) is 0 Å². The van der Waals surface area contributed by atoms with Crippen LogP contribution in [-0.2, 0) is 4.74 Å². The van der Waals surface area contributed by atoms with Crippen LogP contribution in [0.3, 0.4) is 0 Å². The fourth-order valence-corrected chi connectivity index (χ4v) is 0.771. The number of primary amides is 1. The Kier molecular flexibility index (Phi) is 1.89. The van der Waals surface area contributed by atoms with E-state index in [2.05, 4.69) is 0 Å². The first-order chi connectivity index (χ1) is 4.30. The number of urea groups is 1. The third kappa shape index (κ3) is 1.57. The first-order valence-corrected chi connectivity index (χ1v) is 2.93. The summed E-state index contributed by atoms with van der Waals surface area (Å²) >= 11 is 0. The van der Waals surface area contributed by atoms with Gasteiger partial charge < -0.3 is 15.4 Å². The molecule has 0 spiro atoms. The summed E-state index contributed by atoms with van der Waals surface area (Å²) in [6, 6.07) is -0.394. The van der Waals surface area contributed by atoms with Crippen LogP contribution in [0.25, 0.3) is 0 Å². The number of ether oxygens (including phenoxy) is 1. The molecular formula is C5H10N2O2. The van der Waals surface area contributed by atoms with Crippen LogP contribution < -0.4 is 5.73 Å². The summed E-state index contributed by atoms with van der Waals surface area (Å²) in [5, 5.41) is 0. The Morgan fingerprint density at radius 1 is 1.67 bits per heavy atom. The van der Waals surface area contributed by atoms with E-state index in [0.29, 0.717) is 6.73 Å². The number of rotatable bonds is 0. The maximum Gasteiger partial charge on any atom is 0.316 e. The molecule has 0 saturated carbocycles. The van der Waals surface area contributed by atoms with E-state index in [1.807, 2.05) is 0 Å². The van der Waals surface area contributed by atoms with E-state index in [9.17, 15) is 4.79 Å². The van der Waals surface area contributed by atoms with E-state index in [1.54, 1.807) is 0 Å². The molecule has 0 bridgehead atoms. The molecule has 1 saturated heterocycles. The van der Waals surface area contributed by atoms with E-state index >= 15 is 0 Å². The van der Waals surface area contributed by atoms with Gasteiger partial charge in [0, 0.05) is 6.54 Å². The molecule has 0 atom stereocenters. The van der Waals surface area contributed by atoms with Crippen molar-refractivity contribution in [3.63, 3.8) is 0 Å². The minimum absolute atomic E-state index is 0.356. The largest absolute Gasteiger partial charge is 0.361 e. The van der Waals surface area contributed by atoms with Gasteiger partial charge in [-0.05, 0) is 6.42 Å². The van der Waals surface area contributed by atoms with Crippen molar-refractivity contribution in [2.75, 3.05) is 19.9 Å². The molecule has 2 N–H and O–H groups in total. The molecule has 9 heavy (non-hydrogen) atoms. The molecule has 1 aliphatic heterocycles. The Bertz CT molecular complexity index is 110. The van der Waals surface area contributed by atoms with Crippen LogP contribution in [0, 0.1) is 0 Å². The molecule has 0 unspecified atom stereocenters. The normalized spacial score (nSPS) is 19.8. The highest BCUT2D eigenvalue weighted by Crippen LogP contribution is 1.98. The highest BCUT2D eigenvalue weighted by atomic mass is 16.5. The summed E-state index contributed by atoms with van der Waals surface area (Å²) < 4.78 is 4.97. The van der Waals surface area contributed by atoms with Gasteiger partial charge in [-0.3, -0.25) is 0 Å². The highest BCUT2D eigenvalue weighted by molar-refractivity contribution is 5.71. The number of carbonyl (C=O) groups is 1. The number of amides is 2. The van der Waals surface area contributed by atoms with Crippen molar-refractivity contribution in [1.82, 2.24) is 4.90 Å². The molecule has 1 fully saturated rings. The molecule has 1 rings (SSSR count). The first kappa shape index (κ1) is 6.35. The van der Waals surface area contributed by atoms with E-state index < -0.39 is 6.03 Å². The number of carbonyl (C=O) groups excluding carboxylic acids is 1. The fraction of sp³-hybridized carbons (Fsp3) is 0.800. The van der Waals surface area contributed by atoms with Gasteiger partial charge in [0.2, 0.25) is 0 Å². The average molecular weight is 130 g/mol. The summed E-state index contributed by atoms with van der Waals surface area (Å²) in [6.45, 7) is 1.83. The zero-order chi connectivity index (χ0) is 6.69. The van der Waals surface area contributed by atoms with Gasteiger partial charge in [-0.25, -0.2) is 4.79 Å². The molecular weight excluding hydrogens is 120 g/mol. The Morgan fingerprint density at radius 2 is 2.44 bits per heavy atom. The molecule has 0 aliphatic carbocycles. The second-order valence-electron chi connectivity index (χ2n) is 1.99. The minimum Gasteiger partial charge on any atom is -0.361 e. The van der Waals surface area contributed by atoms with Gasteiger partial charge in [0.25, 0.3) is 0 Å². The summed E-state index contributed by atoms with van der Waals surface area (Å²) in [5.74, 6) is 0. The van der Waals surface area contributed by atoms with Crippen LogP contribution in [0.2, 0.25) is 0 Å². The van der Waals surface area contributed by atoms with Crippen molar-refractivity contribution in [2.45, 2.75) is 6.42 Å².